The van der Waals surface area contributed by atoms with Gasteiger partial charge in [-0.3, -0.25) is 4.79 Å². The van der Waals surface area contributed by atoms with Gasteiger partial charge in [0.05, 0.1) is 22.7 Å². The molecule has 18 heavy (non-hydrogen) atoms. The fourth-order valence-corrected chi connectivity index (χ4v) is 2.00. The van der Waals surface area contributed by atoms with Gasteiger partial charge in [-0.25, -0.2) is 10.8 Å². The van der Waals surface area contributed by atoms with E-state index in [1.807, 2.05) is 6.92 Å². The molecule has 0 bridgehead atoms. The number of nitrogens with two attached hydrogens (primary N) is 1. The molecule has 1 aromatic heterocycles. The number of anilines is 1. The van der Waals surface area contributed by atoms with Gasteiger partial charge in [-0.05, 0) is 19.4 Å². The molecular formula is C11H15ClN4O2. The number of halogens is 1. The monoisotopic (exact) mass is 270 g/mol. The van der Waals surface area contributed by atoms with Gasteiger partial charge in [0.25, 0.3) is 5.91 Å². The number of ether oxygens (including phenoxy) is 1. The third kappa shape index (κ3) is 2.72. The van der Waals surface area contributed by atoms with Crippen LogP contribution in [0.25, 0.3) is 0 Å². The topological polar surface area (TPSA) is 89.3 Å². The lowest BCUT2D eigenvalue weighted by Crippen LogP contribution is -2.46. The highest BCUT2D eigenvalue weighted by Gasteiger charge is 2.31. The maximum atomic E-state index is 12.0. The second-order valence-electron chi connectivity index (χ2n) is 4.52. The first-order chi connectivity index (χ1) is 8.54. The highest BCUT2D eigenvalue weighted by molar-refractivity contribution is 6.33. The Balaban J connectivity index is 2.11. The Labute approximate surface area is 110 Å². The summed E-state index contributed by atoms with van der Waals surface area (Å²) in [6.07, 6.45) is 2.22. The van der Waals surface area contributed by atoms with E-state index >= 15 is 0 Å². The minimum absolute atomic E-state index is 0.221. The summed E-state index contributed by atoms with van der Waals surface area (Å²) in [7, 11) is 0. The lowest BCUT2D eigenvalue weighted by atomic mass is 10.0. The lowest BCUT2D eigenvalue weighted by molar-refractivity contribution is 0.0889. The summed E-state index contributed by atoms with van der Waals surface area (Å²) in [6.45, 7) is 3.12. The zero-order valence-corrected chi connectivity index (χ0v) is 10.8. The summed E-state index contributed by atoms with van der Waals surface area (Å²) in [6, 6.07) is 1.53. The molecule has 6 nitrogen and oxygen atoms in total. The molecule has 2 rings (SSSR count). The first-order valence-electron chi connectivity index (χ1n) is 5.56. The number of nitrogens with one attached hydrogen (secondary N) is 2. The number of nitrogens with zero attached hydrogens (tertiary/aromatic N) is 1. The Morgan fingerprint density at radius 3 is 3.00 bits per heavy atom. The number of nitrogen functional groups attached to an aromatic ring is 1. The fraction of sp³-hybridized carbons (Fsp3) is 0.455. The summed E-state index contributed by atoms with van der Waals surface area (Å²) in [5, 5.41) is 3.23. The number of hydrogen-bond donors (Lipinski definition) is 3. The molecular weight excluding hydrogens is 256 g/mol. The molecule has 1 atom stereocenters. The van der Waals surface area contributed by atoms with Gasteiger partial charge in [0.15, 0.2) is 5.82 Å². The molecule has 1 amide bonds. The number of hydrazine groups is 1. The van der Waals surface area contributed by atoms with Gasteiger partial charge in [0.2, 0.25) is 0 Å². The van der Waals surface area contributed by atoms with Crippen LogP contribution in [-0.2, 0) is 4.74 Å². The number of aromatic nitrogens is 1. The van der Waals surface area contributed by atoms with Crippen LogP contribution >= 0.6 is 11.6 Å². The smallest absolute Gasteiger partial charge is 0.253 e. The van der Waals surface area contributed by atoms with Gasteiger partial charge in [-0.1, -0.05) is 11.6 Å². The quantitative estimate of drug-likeness (QED) is 0.562. The van der Waals surface area contributed by atoms with Crippen LogP contribution in [0.2, 0.25) is 5.02 Å². The van der Waals surface area contributed by atoms with E-state index in [0.717, 1.165) is 6.42 Å². The molecule has 1 aliphatic rings. The maximum absolute atomic E-state index is 12.0. The molecule has 1 fully saturated rings. The lowest BCUT2D eigenvalue weighted by Gasteiger charge is -2.23. The van der Waals surface area contributed by atoms with E-state index in [2.05, 4.69) is 15.7 Å². The third-order valence-electron chi connectivity index (χ3n) is 2.87. The molecule has 0 spiro atoms. The van der Waals surface area contributed by atoms with Crippen LogP contribution < -0.4 is 16.6 Å². The minimum atomic E-state index is -0.325. The zero-order chi connectivity index (χ0) is 13.2. The molecule has 0 aromatic carbocycles. The molecule has 2 heterocycles. The Morgan fingerprint density at radius 1 is 1.67 bits per heavy atom. The second-order valence-corrected chi connectivity index (χ2v) is 4.92. The molecule has 98 valence electrons. The van der Waals surface area contributed by atoms with Gasteiger partial charge >= 0.3 is 0 Å². The van der Waals surface area contributed by atoms with Crippen molar-refractivity contribution in [3.05, 3.63) is 22.8 Å². The first kappa shape index (κ1) is 13.1. The number of rotatable bonds is 3. The van der Waals surface area contributed by atoms with Crippen LogP contribution in [0, 0.1) is 0 Å². The van der Waals surface area contributed by atoms with Gasteiger partial charge in [0, 0.05) is 12.8 Å². The average molecular weight is 271 g/mol. The Bertz CT molecular complexity index is 460. The van der Waals surface area contributed by atoms with Crippen LogP contribution in [0.3, 0.4) is 0 Å². The maximum Gasteiger partial charge on any atom is 0.253 e. The Kier molecular flexibility index (Phi) is 3.70. The standard InChI is InChI=1S/C11H15ClN4O2/c1-11(2-3-18-6-11)15-10(17)7-4-8(12)9(16-13)14-5-7/h4-5H,2-3,6,13H2,1H3,(H,14,16)(H,15,17). The predicted molar refractivity (Wildman–Crippen MR) is 68.4 cm³/mol. The second kappa shape index (κ2) is 5.09. The number of amides is 1. The largest absolute Gasteiger partial charge is 0.379 e. The van der Waals surface area contributed by atoms with Crippen LogP contribution in [0.1, 0.15) is 23.7 Å². The van der Waals surface area contributed by atoms with E-state index in [0.29, 0.717) is 29.6 Å². The number of pyridine rings is 1. The highest BCUT2D eigenvalue weighted by Crippen LogP contribution is 2.21. The molecule has 0 saturated carbocycles. The van der Waals surface area contributed by atoms with E-state index in [1.165, 1.54) is 12.3 Å². The average Bonchev–Trinajstić information content (AvgIpc) is 2.75. The van der Waals surface area contributed by atoms with Crippen molar-refractivity contribution in [2.24, 2.45) is 5.84 Å². The highest BCUT2D eigenvalue weighted by atomic mass is 35.5. The van der Waals surface area contributed by atoms with Crippen molar-refractivity contribution >= 4 is 23.3 Å². The van der Waals surface area contributed by atoms with Crippen LogP contribution in [0.15, 0.2) is 12.3 Å². The number of hydrogen-bond acceptors (Lipinski definition) is 5. The molecule has 1 saturated heterocycles. The Hall–Kier alpha value is -1.37. The zero-order valence-electron chi connectivity index (χ0n) is 10.00. The van der Waals surface area contributed by atoms with E-state index in [4.69, 9.17) is 22.2 Å². The van der Waals surface area contributed by atoms with E-state index in [1.54, 1.807) is 0 Å². The molecule has 0 aliphatic carbocycles. The van der Waals surface area contributed by atoms with Crippen LogP contribution in [0.5, 0.6) is 0 Å². The van der Waals surface area contributed by atoms with Crippen molar-refractivity contribution in [1.29, 1.82) is 0 Å². The molecule has 7 heteroatoms. The normalized spacial score (nSPS) is 22.8. The summed E-state index contributed by atoms with van der Waals surface area (Å²) in [5.74, 6) is 5.33. The van der Waals surface area contributed by atoms with Crippen molar-refractivity contribution in [3.8, 4) is 0 Å². The van der Waals surface area contributed by atoms with Crippen molar-refractivity contribution < 1.29 is 9.53 Å². The minimum Gasteiger partial charge on any atom is -0.379 e. The van der Waals surface area contributed by atoms with Crippen molar-refractivity contribution in [3.63, 3.8) is 0 Å². The molecule has 1 aliphatic heterocycles. The van der Waals surface area contributed by atoms with Crippen molar-refractivity contribution in [2.75, 3.05) is 18.6 Å². The Morgan fingerprint density at radius 2 is 2.44 bits per heavy atom. The van der Waals surface area contributed by atoms with Gasteiger partial charge in [-0.2, -0.15) is 0 Å². The van der Waals surface area contributed by atoms with Crippen LogP contribution in [0.4, 0.5) is 5.82 Å². The molecule has 1 aromatic rings. The van der Waals surface area contributed by atoms with Crippen molar-refractivity contribution in [2.45, 2.75) is 18.9 Å². The van der Waals surface area contributed by atoms with E-state index < -0.39 is 0 Å². The third-order valence-corrected chi connectivity index (χ3v) is 3.16. The fourth-order valence-electron chi connectivity index (χ4n) is 1.78. The predicted octanol–water partition coefficient (Wildman–Crippen LogP) is 0.929. The SMILES string of the molecule is CC1(NC(=O)c2cnc(NN)c(Cl)c2)CCOC1. The molecule has 4 N–H and O–H groups in total. The van der Waals surface area contributed by atoms with E-state index in [-0.39, 0.29) is 11.4 Å². The molecule has 1 unspecified atom stereocenters. The summed E-state index contributed by atoms with van der Waals surface area (Å²) in [4.78, 5) is 16.0. The van der Waals surface area contributed by atoms with Gasteiger partial charge in [-0.15, -0.1) is 0 Å². The molecule has 0 radical (unpaired) electrons. The van der Waals surface area contributed by atoms with Gasteiger partial charge in [0.1, 0.15) is 0 Å². The first-order valence-corrected chi connectivity index (χ1v) is 5.94. The van der Waals surface area contributed by atoms with Crippen LogP contribution in [-0.4, -0.2) is 29.6 Å². The summed E-state index contributed by atoms with van der Waals surface area (Å²) >= 11 is 5.92. The summed E-state index contributed by atoms with van der Waals surface area (Å²) < 4.78 is 5.27. The van der Waals surface area contributed by atoms with Gasteiger partial charge < -0.3 is 15.5 Å². The van der Waals surface area contributed by atoms with Crippen molar-refractivity contribution in [1.82, 2.24) is 10.3 Å². The number of carbonyl (C=O) groups excluding carboxylic acids is 1. The number of carbonyl (C=O) groups is 1. The summed E-state index contributed by atoms with van der Waals surface area (Å²) in [5.41, 5.74) is 2.42. The van der Waals surface area contributed by atoms with E-state index in [9.17, 15) is 4.79 Å².